The standard InChI is InChI=1S/C33H35NO6/c35-31(36)12-7-19-34-23-28(22-32(37)38)33-27(10-6-11-30(33)34)16-13-25-14-17-29(18-15-25)40-21-5-4-20-39-24-26-8-2-1-3-9-26/h1-3,6,8-11,13-18,23H,4-5,7,12,19-22,24H2,(H,35,36)(H,37,38). The van der Waals surface area contributed by atoms with Gasteiger partial charge in [0.25, 0.3) is 0 Å². The number of carboxylic acid groups (broad SMARTS) is 2. The van der Waals surface area contributed by atoms with Gasteiger partial charge in [-0.25, -0.2) is 0 Å². The van der Waals surface area contributed by atoms with Gasteiger partial charge in [0.15, 0.2) is 0 Å². The third-order valence-electron chi connectivity index (χ3n) is 6.55. The van der Waals surface area contributed by atoms with Crippen LogP contribution in [0.3, 0.4) is 0 Å². The third kappa shape index (κ3) is 8.58. The monoisotopic (exact) mass is 541 g/mol. The first kappa shape index (κ1) is 28.6. The summed E-state index contributed by atoms with van der Waals surface area (Å²) in [4.78, 5) is 22.5. The molecule has 0 fully saturated rings. The lowest BCUT2D eigenvalue weighted by Gasteiger charge is -2.07. The van der Waals surface area contributed by atoms with E-state index in [1.807, 2.05) is 83.6 Å². The molecule has 2 N–H and O–H groups in total. The highest BCUT2D eigenvalue weighted by Gasteiger charge is 2.14. The molecular formula is C33H35NO6. The molecule has 4 aromatic rings. The highest BCUT2D eigenvalue weighted by Crippen LogP contribution is 2.28. The second-order valence-electron chi connectivity index (χ2n) is 9.65. The van der Waals surface area contributed by atoms with Crippen molar-refractivity contribution in [3.8, 4) is 5.75 Å². The number of carboxylic acids is 2. The zero-order chi connectivity index (χ0) is 28.2. The molecule has 7 nitrogen and oxygen atoms in total. The van der Waals surface area contributed by atoms with E-state index >= 15 is 0 Å². The van der Waals surface area contributed by atoms with Crippen LogP contribution in [0.2, 0.25) is 0 Å². The molecule has 208 valence electrons. The first-order valence-corrected chi connectivity index (χ1v) is 13.6. The minimum atomic E-state index is -0.904. The van der Waals surface area contributed by atoms with Crippen LogP contribution in [0.1, 0.15) is 47.9 Å². The summed E-state index contributed by atoms with van der Waals surface area (Å²) >= 11 is 0. The smallest absolute Gasteiger partial charge is 0.307 e. The number of aryl methyl sites for hydroxylation is 1. The molecule has 0 saturated heterocycles. The summed E-state index contributed by atoms with van der Waals surface area (Å²) in [7, 11) is 0. The summed E-state index contributed by atoms with van der Waals surface area (Å²) < 4.78 is 13.5. The van der Waals surface area contributed by atoms with Crippen LogP contribution < -0.4 is 4.74 Å². The van der Waals surface area contributed by atoms with Crippen LogP contribution in [0.5, 0.6) is 5.75 Å². The molecule has 0 radical (unpaired) electrons. The third-order valence-corrected chi connectivity index (χ3v) is 6.55. The highest BCUT2D eigenvalue weighted by atomic mass is 16.5. The largest absolute Gasteiger partial charge is 0.494 e. The van der Waals surface area contributed by atoms with Crippen molar-refractivity contribution < 1.29 is 29.3 Å². The lowest BCUT2D eigenvalue weighted by atomic mass is 10.0. The number of fused-ring (bicyclic) bond motifs is 1. The first-order valence-electron chi connectivity index (χ1n) is 13.6. The van der Waals surface area contributed by atoms with Crippen molar-refractivity contribution in [2.24, 2.45) is 0 Å². The Kier molecular flexibility index (Phi) is 10.5. The average Bonchev–Trinajstić information content (AvgIpc) is 3.29. The molecule has 0 amide bonds. The fraction of sp³-hybridized carbons (Fsp3) is 0.273. The fourth-order valence-electron chi connectivity index (χ4n) is 4.61. The minimum Gasteiger partial charge on any atom is -0.494 e. The second-order valence-corrected chi connectivity index (χ2v) is 9.65. The Labute approximate surface area is 234 Å². The van der Waals surface area contributed by atoms with Gasteiger partial charge in [-0.1, -0.05) is 66.7 Å². The number of nitrogens with zero attached hydrogens (tertiary/aromatic N) is 1. The first-order chi connectivity index (χ1) is 19.5. The fourth-order valence-corrected chi connectivity index (χ4v) is 4.61. The van der Waals surface area contributed by atoms with Gasteiger partial charge in [-0.3, -0.25) is 9.59 Å². The number of aromatic nitrogens is 1. The van der Waals surface area contributed by atoms with Gasteiger partial charge in [0.2, 0.25) is 0 Å². The molecule has 0 bridgehead atoms. The number of hydrogen-bond donors (Lipinski definition) is 2. The molecule has 4 rings (SSSR count). The Morgan fingerprint density at radius 1 is 0.800 bits per heavy atom. The number of carbonyl (C=O) groups is 2. The Hall–Kier alpha value is -4.36. The van der Waals surface area contributed by atoms with Gasteiger partial charge in [-0.2, -0.15) is 0 Å². The Morgan fingerprint density at radius 2 is 1.57 bits per heavy atom. The van der Waals surface area contributed by atoms with Gasteiger partial charge >= 0.3 is 11.9 Å². The highest BCUT2D eigenvalue weighted by molar-refractivity contribution is 5.96. The van der Waals surface area contributed by atoms with E-state index < -0.39 is 11.9 Å². The maximum atomic E-state index is 11.5. The molecule has 0 aliphatic carbocycles. The zero-order valence-electron chi connectivity index (χ0n) is 22.5. The van der Waals surface area contributed by atoms with Crippen LogP contribution in [-0.4, -0.2) is 39.9 Å². The predicted octanol–water partition coefficient (Wildman–Crippen LogP) is 6.68. The normalized spacial score (nSPS) is 11.3. The summed E-state index contributed by atoms with van der Waals surface area (Å²) in [5.41, 5.74) is 4.71. The van der Waals surface area contributed by atoms with Crippen molar-refractivity contribution >= 4 is 35.0 Å². The van der Waals surface area contributed by atoms with Gasteiger partial charge in [0.05, 0.1) is 19.6 Å². The van der Waals surface area contributed by atoms with Gasteiger partial charge in [-0.05, 0) is 59.7 Å². The molecule has 0 atom stereocenters. The van der Waals surface area contributed by atoms with Gasteiger partial charge in [-0.15, -0.1) is 0 Å². The molecule has 1 heterocycles. The zero-order valence-corrected chi connectivity index (χ0v) is 22.5. The maximum Gasteiger partial charge on any atom is 0.307 e. The summed E-state index contributed by atoms with van der Waals surface area (Å²) in [6.07, 6.45) is 8.10. The molecule has 0 aliphatic rings. The molecule has 40 heavy (non-hydrogen) atoms. The molecule has 0 aliphatic heterocycles. The van der Waals surface area contributed by atoms with E-state index in [0.29, 0.717) is 38.3 Å². The van der Waals surface area contributed by atoms with E-state index in [-0.39, 0.29) is 12.8 Å². The van der Waals surface area contributed by atoms with Crippen LogP contribution in [-0.2, 0) is 33.9 Å². The van der Waals surface area contributed by atoms with E-state index in [1.165, 1.54) is 5.56 Å². The number of benzene rings is 3. The molecule has 7 heteroatoms. The van der Waals surface area contributed by atoms with Crippen LogP contribution >= 0.6 is 0 Å². The van der Waals surface area contributed by atoms with Crippen molar-refractivity contribution in [2.75, 3.05) is 13.2 Å². The summed E-state index contributed by atoms with van der Waals surface area (Å²) in [5, 5.41) is 19.3. The van der Waals surface area contributed by atoms with E-state index in [2.05, 4.69) is 12.1 Å². The van der Waals surface area contributed by atoms with E-state index in [1.54, 1.807) is 0 Å². The Balaban J connectivity index is 1.32. The summed E-state index contributed by atoms with van der Waals surface area (Å²) in [5.74, 6) is -0.934. The SMILES string of the molecule is O=C(O)CCCn1cc(CC(=O)O)c2c(C=Cc3ccc(OCCCCOCc4ccccc4)cc3)cccc21. The summed E-state index contributed by atoms with van der Waals surface area (Å²) in [6.45, 7) is 2.47. The Morgan fingerprint density at radius 3 is 2.33 bits per heavy atom. The summed E-state index contributed by atoms with van der Waals surface area (Å²) in [6, 6.07) is 23.9. The molecule has 0 saturated carbocycles. The average molecular weight is 542 g/mol. The van der Waals surface area contributed by atoms with E-state index in [4.69, 9.17) is 14.6 Å². The molecule has 0 unspecified atom stereocenters. The van der Waals surface area contributed by atoms with Crippen LogP contribution in [0.4, 0.5) is 0 Å². The molecule has 1 aromatic heterocycles. The maximum absolute atomic E-state index is 11.5. The van der Waals surface area contributed by atoms with Crippen molar-refractivity contribution in [1.82, 2.24) is 4.57 Å². The van der Waals surface area contributed by atoms with Crippen molar-refractivity contribution in [3.63, 3.8) is 0 Å². The van der Waals surface area contributed by atoms with E-state index in [9.17, 15) is 14.7 Å². The number of ether oxygens (including phenoxy) is 2. The van der Waals surface area contributed by atoms with Crippen LogP contribution in [0, 0.1) is 0 Å². The molecular weight excluding hydrogens is 506 g/mol. The van der Waals surface area contributed by atoms with Gasteiger partial charge in [0, 0.05) is 36.7 Å². The quantitative estimate of drug-likeness (QED) is 0.121. The van der Waals surface area contributed by atoms with Crippen molar-refractivity contribution in [2.45, 2.75) is 45.3 Å². The Bertz CT molecular complexity index is 1420. The number of unbranched alkanes of at least 4 members (excludes halogenated alkanes) is 1. The second kappa shape index (κ2) is 14.7. The minimum absolute atomic E-state index is 0.0659. The van der Waals surface area contributed by atoms with Gasteiger partial charge < -0.3 is 24.3 Å². The van der Waals surface area contributed by atoms with Crippen molar-refractivity contribution in [3.05, 3.63) is 101 Å². The predicted molar refractivity (Wildman–Crippen MR) is 156 cm³/mol. The van der Waals surface area contributed by atoms with E-state index in [0.717, 1.165) is 40.6 Å². The number of aliphatic carboxylic acids is 2. The molecule has 0 spiro atoms. The van der Waals surface area contributed by atoms with Crippen molar-refractivity contribution in [1.29, 1.82) is 0 Å². The topological polar surface area (TPSA) is 98.0 Å². The van der Waals surface area contributed by atoms with Crippen LogP contribution in [0.25, 0.3) is 23.1 Å². The number of hydrogen-bond acceptors (Lipinski definition) is 4. The van der Waals surface area contributed by atoms with Crippen LogP contribution in [0.15, 0.2) is 79.0 Å². The lowest BCUT2D eigenvalue weighted by Crippen LogP contribution is -2.01. The van der Waals surface area contributed by atoms with Gasteiger partial charge in [0.1, 0.15) is 5.75 Å². The number of rotatable bonds is 16. The lowest BCUT2D eigenvalue weighted by molar-refractivity contribution is -0.137. The molecule has 3 aromatic carbocycles.